The van der Waals surface area contributed by atoms with Gasteiger partial charge in [0, 0.05) is 25.2 Å². The third kappa shape index (κ3) is 5.05. The molecule has 1 aliphatic rings. The first-order valence-electron chi connectivity index (χ1n) is 8.24. The van der Waals surface area contributed by atoms with Crippen LogP contribution in [0, 0.1) is 17.2 Å². The number of esters is 1. The second kappa shape index (κ2) is 8.83. The molecule has 2 rings (SSSR count). The van der Waals surface area contributed by atoms with Gasteiger partial charge in [-0.15, -0.1) is 0 Å². The van der Waals surface area contributed by atoms with Crippen LogP contribution in [0.25, 0.3) is 0 Å². The van der Waals surface area contributed by atoms with Gasteiger partial charge in [-0.3, -0.25) is 14.4 Å². The van der Waals surface area contributed by atoms with E-state index < -0.39 is 24.4 Å². The van der Waals surface area contributed by atoms with Gasteiger partial charge in [0.05, 0.1) is 18.4 Å². The third-order valence-electron chi connectivity index (χ3n) is 4.02. The van der Waals surface area contributed by atoms with E-state index in [1.54, 1.807) is 4.90 Å². The van der Waals surface area contributed by atoms with Crippen molar-refractivity contribution in [2.24, 2.45) is 5.92 Å². The van der Waals surface area contributed by atoms with Gasteiger partial charge in [-0.2, -0.15) is 5.26 Å². The molecule has 1 heterocycles. The minimum absolute atomic E-state index is 0.0738. The molecular weight excluding hydrogens is 322 g/mol. The molecule has 0 radical (unpaired) electrons. The minimum Gasteiger partial charge on any atom is -0.455 e. The van der Waals surface area contributed by atoms with Gasteiger partial charge in [-0.05, 0) is 24.1 Å². The highest BCUT2D eigenvalue weighted by Gasteiger charge is 2.36. The summed E-state index contributed by atoms with van der Waals surface area (Å²) in [5.74, 6) is -1.73. The Morgan fingerprint density at radius 2 is 2.08 bits per heavy atom. The molecule has 1 fully saturated rings. The summed E-state index contributed by atoms with van der Waals surface area (Å²) in [6.07, 6.45) is 1.19. The van der Waals surface area contributed by atoms with Gasteiger partial charge in [0.2, 0.25) is 5.91 Å². The van der Waals surface area contributed by atoms with Crippen molar-refractivity contribution < 1.29 is 19.1 Å². The number of hydrogen-bond donors (Lipinski definition) is 1. The molecule has 0 spiro atoms. The molecule has 1 saturated heterocycles. The van der Waals surface area contributed by atoms with Crippen molar-refractivity contribution in [2.45, 2.75) is 26.2 Å². The zero-order valence-corrected chi connectivity index (χ0v) is 14.2. The maximum atomic E-state index is 12.2. The lowest BCUT2D eigenvalue weighted by molar-refractivity contribution is -0.152. The zero-order chi connectivity index (χ0) is 18.2. The fourth-order valence-corrected chi connectivity index (χ4v) is 2.59. The van der Waals surface area contributed by atoms with E-state index in [1.807, 2.05) is 30.3 Å². The van der Waals surface area contributed by atoms with Gasteiger partial charge in [-0.25, -0.2) is 0 Å². The van der Waals surface area contributed by atoms with Crippen LogP contribution in [-0.2, 0) is 25.5 Å². The molecule has 25 heavy (non-hydrogen) atoms. The van der Waals surface area contributed by atoms with Crippen molar-refractivity contribution in [3.8, 4) is 6.07 Å². The second-order valence-electron chi connectivity index (χ2n) is 5.79. The molecule has 0 unspecified atom stereocenters. The molecule has 0 bridgehead atoms. The number of nitrogens with zero attached hydrogens (tertiary/aromatic N) is 2. The average Bonchev–Trinajstić information content (AvgIpc) is 3.02. The third-order valence-corrected chi connectivity index (χ3v) is 4.02. The fourth-order valence-electron chi connectivity index (χ4n) is 2.59. The van der Waals surface area contributed by atoms with Gasteiger partial charge >= 0.3 is 5.97 Å². The monoisotopic (exact) mass is 343 g/mol. The number of amides is 2. The van der Waals surface area contributed by atoms with Crippen LogP contribution in [0.2, 0.25) is 0 Å². The van der Waals surface area contributed by atoms with Crippen LogP contribution in [0.15, 0.2) is 24.3 Å². The standard InChI is InChI=1S/C18H21N3O4/c1-2-13-4-6-15(7-5-13)21-11-14(10-17(21)23)18(24)25-12-16(22)20-9-3-8-19/h4-7,14H,2-3,9-12H2,1H3,(H,20,22)/t14-/m0/s1. The Labute approximate surface area is 146 Å². The molecule has 132 valence electrons. The number of benzene rings is 1. The average molecular weight is 343 g/mol. The van der Waals surface area contributed by atoms with Gasteiger partial charge in [0.15, 0.2) is 6.61 Å². The number of nitrogens with one attached hydrogen (secondary N) is 1. The highest BCUT2D eigenvalue weighted by Crippen LogP contribution is 2.26. The summed E-state index contributed by atoms with van der Waals surface area (Å²) in [6.45, 7) is 2.12. The van der Waals surface area contributed by atoms with Crippen LogP contribution in [0.5, 0.6) is 0 Å². The largest absolute Gasteiger partial charge is 0.455 e. The van der Waals surface area contributed by atoms with Crippen LogP contribution in [0.4, 0.5) is 5.69 Å². The quantitative estimate of drug-likeness (QED) is 0.592. The molecule has 7 nitrogen and oxygen atoms in total. The van der Waals surface area contributed by atoms with Crippen molar-refractivity contribution in [1.82, 2.24) is 5.32 Å². The number of carbonyl (C=O) groups is 3. The van der Waals surface area contributed by atoms with E-state index in [-0.39, 0.29) is 31.8 Å². The molecular formula is C18H21N3O4. The van der Waals surface area contributed by atoms with Gasteiger partial charge < -0.3 is 15.0 Å². The SMILES string of the molecule is CCc1ccc(N2C[C@@H](C(=O)OCC(=O)NCCC#N)CC2=O)cc1. The van der Waals surface area contributed by atoms with Crippen LogP contribution < -0.4 is 10.2 Å². The summed E-state index contributed by atoms with van der Waals surface area (Å²) in [5, 5.41) is 10.9. The number of anilines is 1. The van der Waals surface area contributed by atoms with E-state index >= 15 is 0 Å². The summed E-state index contributed by atoms with van der Waals surface area (Å²) < 4.78 is 4.97. The fraction of sp³-hybridized carbons (Fsp3) is 0.444. The molecule has 1 aromatic rings. The van der Waals surface area contributed by atoms with Crippen molar-refractivity contribution in [2.75, 3.05) is 24.6 Å². The lowest BCUT2D eigenvalue weighted by Crippen LogP contribution is -2.31. The van der Waals surface area contributed by atoms with Gasteiger partial charge in [-0.1, -0.05) is 19.1 Å². The minimum atomic E-state index is -0.578. The Kier molecular flexibility index (Phi) is 6.52. The molecule has 7 heteroatoms. The topological polar surface area (TPSA) is 99.5 Å². The molecule has 0 aliphatic carbocycles. The number of ether oxygens (including phenoxy) is 1. The normalized spacial score (nSPS) is 16.4. The predicted molar refractivity (Wildman–Crippen MR) is 90.5 cm³/mol. The highest BCUT2D eigenvalue weighted by molar-refractivity contribution is 5.99. The predicted octanol–water partition coefficient (Wildman–Crippen LogP) is 1.17. The molecule has 2 amide bonds. The molecule has 1 atom stereocenters. The maximum absolute atomic E-state index is 12.2. The molecule has 1 aromatic carbocycles. The van der Waals surface area contributed by atoms with Crippen molar-refractivity contribution in [3.05, 3.63) is 29.8 Å². The summed E-state index contributed by atoms with van der Waals surface area (Å²) in [5.41, 5.74) is 1.93. The lowest BCUT2D eigenvalue weighted by Gasteiger charge is -2.17. The summed E-state index contributed by atoms with van der Waals surface area (Å²) in [6, 6.07) is 9.55. The second-order valence-corrected chi connectivity index (χ2v) is 5.79. The summed E-state index contributed by atoms with van der Waals surface area (Å²) >= 11 is 0. The van der Waals surface area contributed by atoms with Crippen LogP contribution in [0.1, 0.15) is 25.3 Å². The first kappa shape index (κ1) is 18.5. The molecule has 0 saturated carbocycles. The van der Waals surface area contributed by atoms with Gasteiger partial charge in [0.25, 0.3) is 5.91 Å². The molecule has 0 aromatic heterocycles. The Morgan fingerprint density at radius 1 is 1.36 bits per heavy atom. The summed E-state index contributed by atoms with van der Waals surface area (Å²) in [7, 11) is 0. The van der Waals surface area contributed by atoms with Gasteiger partial charge in [0.1, 0.15) is 0 Å². The number of nitriles is 1. The van der Waals surface area contributed by atoms with E-state index in [4.69, 9.17) is 10.00 Å². The van der Waals surface area contributed by atoms with E-state index in [0.717, 1.165) is 12.1 Å². The van der Waals surface area contributed by atoms with E-state index in [9.17, 15) is 14.4 Å². The van der Waals surface area contributed by atoms with E-state index in [1.165, 1.54) is 5.56 Å². The van der Waals surface area contributed by atoms with E-state index in [2.05, 4.69) is 12.2 Å². The first-order valence-corrected chi connectivity index (χ1v) is 8.24. The van der Waals surface area contributed by atoms with Crippen molar-refractivity contribution in [1.29, 1.82) is 5.26 Å². The smallest absolute Gasteiger partial charge is 0.311 e. The number of hydrogen-bond acceptors (Lipinski definition) is 5. The number of rotatable bonds is 7. The van der Waals surface area contributed by atoms with E-state index in [0.29, 0.717) is 0 Å². The Balaban J connectivity index is 1.85. The summed E-state index contributed by atoms with van der Waals surface area (Å²) in [4.78, 5) is 37.3. The maximum Gasteiger partial charge on any atom is 0.311 e. The van der Waals surface area contributed by atoms with Crippen LogP contribution >= 0.6 is 0 Å². The number of carbonyl (C=O) groups excluding carboxylic acids is 3. The van der Waals surface area contributed by atoms with Crippen molar-refractivity contribution >= 4 is 23.5 Å². The Hall–Kier alpha value is -2.88. The number of aryl methyl sites for hydroxylation is 1. The Morgan fingerprint density at radius 3 is 2.72 bits per heavy atom. The lowest BCUT2D eigenvalue weighted by atomic mass is 10.1. The van der Waals surface area contributed by atoms with Crippen molar-refractivity contribution in [3.63, 3.8) is 0 Å². The first-order chi connectivity index (χ1) is 12.0. The molecule has 1 N–H and O–H groups in total. The highest BCUT2D eigenvalue weighted by atomic mass is 16.5. The Bertz CT molecular complexity index is 679. The molecule has 1 aliphatic heterocycles. The zero-order valence-electron chi connectivity index (χ0n) is 14.2. The van der Waals surface area contributed by atoms with Crippen LogP contribution in [0.3, 0.4) is 0 Å². The van der Waals surface area contributed by atoms with Crippen LogP contribution in [-0.4, -0.2) is 37.5 Å².